The predicted molar refractivity (Wildman–Crippen MR) is 118 cm³/mol. The molecule has 2 aromatic carbocycles. The van der Waals surface area contributed by atoms with Crippen molar-refractivity contribution in [2.75, 3.05) is 0 Å². The van der Waals surface area contributed by atoms with E-state index in [1.807, 2.05) is 30.3 Å². The Morgan fingerprint density at radius 1 is 1.12 bits per heavy atom. The fraction of sp³-hybridized carbons (Fsp3) is 0.320. The number of aromatic carboxylic acids is 1. The zero-order chi connectivity index (χ0) is 23.1. The normalized spacial score (nSPS) is 11.1. The second-order valence-corrected chi connectivity index (χ2v) is 7.57. The maximum absolute atomic E-state index is 14.3. The summed E-state index contributed by atoms with van der Waals surface area (Å²) in [6, 6.07) is 14.5. The van der Waals surface area contributed by atoms with Crippen molar-refractivity contribution < 1.29 is 18.7 Å². The minimum Gasteiger partial charge on any atom is -0.478 e. The number of aromatic nitrogens is 3. The highest BCUT2D eigenvalue weighted by molar-refractivity contribution is 5.87. The molecule has 0 aliphatic rings. The van der Waals surface area contributed by atoms with Gasteiger partial charge in [0.2, 0.25) is 5.82 Å². The number of hydrogen-bond donors (Lipinski definition) is 1. The molecule has 0 spiro atoms. The molecule has 0 saturated carbocycles. The highest BCUT2D eigenvalue weighted by Gasteiger charge is 2.36. The maximum Gasteiger partial charge on any atom is 0.335 e. The lowest BCUT2D eigenvalue weighted by Gasteiger charge is -2.10. The number of alkyl halides is 2. The van der Waals surface area contributed by atoms with Crippen LogP contribution in [0.3, 0.4) is 0 Å². The molecule has 0 radical (unpaired) electrons. The highest BCUT2D eigenvalue weighted by Crippen LogP contribution is 2.30. The molecular weight excluding hydrogens is 412 g/mol. The molecule has 0 unspecified atom stereocenters. The van der Waals surface area contributed by atoms with Crippen LogP contribution < -0.4 is 0 Å². The molecule has 0 saturated heterocycles. The average molecular weight is 437 g/mol. The van der Waals surface area contributed by atoms with Crippen molar-refractivity contribution in [2.45, 2.75) is 52.0 Å². The van der Waals surface area contributed by atoms with Crippen molar-refractivity contribution in [3.05, 3.63) is 82.4 Å². The second-order valence-electron chi connectivity index (χ2n) is 7.57. The van der Waals surface area contributed by atoms with Gasteiger partial charge in [-0.3, -0.25) is 0 Å². The van der Waals surface area contributed by atoms with Crippen molar-refractivity contribution in [3.8, 4) is 11.8 Å². The number of halogens is 2. The van der Waals surface area contributed by atoms with Gasteiger partial charge < -0.3 is 5.11 Å². The van der Waals surface area contributed by atoms with Crippen molar-refractivity contribution >= 4 is 5.97 Å². The molecule has 7 heteroatoms. The van der Waals surface area contributed by atoms with Crippen molar-refractivity contribution in [3.63, 3.8) is 0 Å². The van der Waals surface area contributed by atoms with E-state index in [4.69, 9.17) is 5.11 Å². The summed E-state index contributed by atoms with van der Waals surface area (Å²) in [5, 5.41) is 13.2. The zero-order valence-corrected chi connectivity index (χ0v) is 18.1. The molecule has 166 valence electrons. The van der Waals surface area contributed by atoms with Gasteiger partial charge in [-0.05, 0) is 48.6 Å². The zero-order valence-electron chi connectivity index (χ0n) is 18.1. The van der Waals surface area contributed by atoms with E-state index in [1.165, 1.54) is 4.68 Å². The molecule has 0 fully saturated rings. The SMILES string of the molecule is CC#CCc1nc(C(F)(F)CCC)nn1Cc1ccc(Cc2cccc(C(=O)O)c2)cc1. The molecule has 0 bridgehead atoms. The van der Waals surface area contributed by atoms with Crippen molar-refractivity contribution in [1.82, 2.24) is 14.8 Å². The summed E-state index contributed by atoms with van der Waals surface area (Å²) in [6.07, 6.45) is 0.884. The first-order chi connectivity index (χ1) is 15.3. The summed E-state index contributed by atoms with van der Waals surface area (Å²) in [6.45, 7) is 3.71. The molecule has 5 nitrogen and oxygen atoms in total. The lowest BCUT2D eigenvalue weighted by molar-refractivity contribution is -0.0232. The standard InChI is InChI=1S/C25H25F2N3O2/c1-3-5-9-22-28-24(25(26,27)14-4-2)29-30(22)17-19-12-10-18(11-13-19)15-20-7-6-8-21(16-20)23(31)32/h6-8,10-13,16H,4,9,14-15,17H2,1-2H3,(H,31,32). The Kier molecular flexibility index (Phi) is 7.37. The van der Waals surface area contributed by atoms with Crippen LogP contribution in [0.2, 0.25) is 0 Å². The van der Waals surface area contributed by atoms with E-state index in [2.05, 4.69) is 21.9 Å². The van der Waals surface area contributed by atoms with E-state index in [-0.39, 0.29) is 18.4 Å². The molecule has 0 amide bonds. The largest absolute Gasteiger partial charge is 0.478 e. The average Bonchev–Trinajstić information content (AvgIpc) is 3.17. The van der Waals surface area contributed by atoms with Gasteiger partial charge in [0.1, 0.15) is 5.82 Å². The first kappa shape index (κ1) is 23.1. The Balaban J connectivity index is 1.78. The van der Waals surface area contributed by atoms with Crippen LogP contribution in [0.5, 0.6) is 0 Å². The molecule has 0 aliphatic heterocycles. The van der Waals surface area contributed by atoms with E-state index in [0.29, 0.717) is 25.2 Å². The fourth-order valence-electron chi connectivity index (χ4n) is 3.37. The van der Waals surface area contributed by atoms with Gasteiger partial charge in [-0.2, -0.15) is 8.78 Å². The highest BCUT2D eigenvalue weighted by atomic mass is 19.3. The van der Waals surface area contributed by atoms with Crippen LogP contribution in [0.4, 0.5) is 8.78 Å². The minimum atomic E-state index is -3.07. The van der Waals surface area contributed by atoms with Crippen molar-refractivity contribution in [2.24, 2.45) is 0 Å². The number of carboxylic acid groups (broad SMARTS) is 1. The summed E-state index contributed by atoms with van der Waals surface area (Å²) >= 11 is 0. The molecular formula is C25H25F2N3O2. The Labute approximate surface area is 186 Å². The summed E-state index contributed by atoms with van der Waals surface area (Å²) in [5.41, 5.74) is 3.07. The minimum absolute atomic E-state index is 0.253. The first-order valence-electron chi connectivity index (χ1n) is 10.4. The molecule has 32 heavy (non-hydrogen) atoms. The number of carbonyl (C=O) groups is 1. The summed E-state index contributed by atoms with van der Waals surface area (Å²) in [7, 11) is 0. The monoisotopic (exact) mass is 437 g/mol. The van der Waals surface area contributed by atoms with E-state index < -0.39 is 17.7 Å². The third kappa shape index (κ3) is 5.79. The van der Waals surface area contributed by atoms with Crippen LogP contribution in [-0.4, -0.2) is 25.8 Å². The van der Waals surface area contributed by atoms with Gasteiger partial charge in [0, 0.05) is 6.42 Å². The van der Waals surface area contributed by atoms with Gasteiger partial charge >= 0.3 is 11.9 Å². The van der Waals surface area contributed by atoms with Crippen LogP contribution in [-0.2, 0) is 25.3 Å². The second kappa shape index (κ2) is 10.2. The quantitative estimate of drug-likeness (QED) is 0.475. The Hall–Kier alpha value is -3.53. The van der Waals surface area contributed by atoms with Gasteiger partial charge in [0.15, 0.2) is 0 Å². The van der Waals surface area contributed by atoms with Gasteiger partial charge in [0.05, 0.1) is 18.5 Å². The molecule has 0 aliphatic carbocycles. The molecule has 3 rings (SSSR count). The summed E-state index contributed by atoms with van der Waals surface area (Å²) in [5.74, 6) is 1.58. The van der Waals surface area contributed by atoms with Crippen LogP contribution in [0.1, 0.15) is 65.4 Å². The van der Waals surface area contributed by atoms with Crippen LogP contribution in [0, 0.1) is 11.8 Å². The van der Waals surface area contributed by atoms with Crippen molar-refractivity contribution in [1.29, 1.82) is 0 Å². The lowest BCUT2D eigenvalue weighted by Crippen LogP contribution is -2.15. The van der Waals surface area contributed by atoms with E-state index in [1.54, 1.807) is 32.0 Å². The summed E-state index contributed by atoms with van der Waals surface area (Å²) < 4.78 is 30.2. The number of carboxylic acids is 1. The number of nitrogens with zero attached hydrogens (tertiary/aromatic N) is 3. The van der Waals surface area contributed by atoms with Gasteiger partial charge in [-0.15, -0.1) is 11.0 Å². The number of rotatable bonds is 9. The van der Waals surface area contributed by atoms with Crippen LogP contribution in [0.25, 0.3) is 0 Å². The van der Waals surface area contributed by atoms with Gasteiger partial charge in [-0.25, -0.2) is 14.5 Å². The molecule has 3 aromatic rings. The topological polar surface area (TPSA) is 68.0 Å². The van der Waals surface area contributed by atoms with E-state index >= 15 is 0 Å². The number of hydrogen-bond acceptors (Lipinski definition) is 3. The third-order valence-corrected chi connectivity index (χ3v) is 5.00. The molecule has 1 N–H and O–H groups in total. The molecule has 1 aromatic heterocycles. The fourth-order valence-corrected chi connectivity index (χ4v) is 3.37. The van der Waals surface area contributed by atoms with Gasteiger partial charge in [0.25, 0.3) is 0 Å². The number of benzene rings is 2. The summed E-state index contributed by atoms with van der Waals surface area (Å²) in [4.78, 5) is 15.2. The van der Waals surface area contributed by atoms with E-state index in [0.717, 1.165) is 16.7 Å². The molecule has 1 heterocycles. The molecule has 0 atom stereocenters. The Morgan fingerprint density at radius 2 is 1.84 bits per heavy atom. The predicted octanol–water partition coefficient (Wildman–Crippen LogP) is 5.07. The van der Waals surface area contributed by atoms with Gasteiger partial charge in [-0.1, -0.05) is 49.2 Å². The maximum atomic E-state index is 14.3. The Bertz CT molecular complexity index is 1140. The Morgan fingerprint density at radius 3 is 2.50 bits per heavy atom. The lowest BCUT2D eigenvalue weighted by atomic mass is 10.0. The third-order valence-electron chi connectivity index (χ3n) is 5.00. The smallest absolute Gasteiger partial charge is 0.335 e. The van der Waals surface area contributed by atoms with Crippen LogP contribution >= 0.6 is 0 Å². The van der Waals surface area contributed by atoms with Crippen LogP contribution in [0.15, 0.2) is 48.5 Å². The van der Waals surface area contributed by atoms with E-state index in [9.17, 15) is 13.6 Å². The first-order valence-corrected chi connectivity index (χ1v) is 10.4.